The molecule has 0 aromatic carbocycles. The van der Waals surface area contributed by atoms with E-state index in [-0.39, 0.29) is 0 Å². The van der Waals surface area contributed by atoms with Crippen LogP contribution in [0.2, 0.25) is 0 Å². The molecule has 3 aliphatic rings. The highest BCUT2D eigenvalue weighted by Gasteiger charge is 2.39. The average molecular weight is 278 g/mol. The highest BCUT2D eigenvalue weighted by atomic mass is 15.2. The van der Waals surface area contributed by atoms with Gasteiger partial charge in [-0.2, -0.15) is 0 Å². The number of aliphatic imine (C=N–C) groups is 1. The molecule has 4 heteroatoms. The van der Waals surface area contributed by atoms with Gasteiger partial charge in [0.25, 0.3) is 0 Å². The highest BCUT2D eigenvalue weighted by molar-refractivity contribution is 5.77. The van der Waals surface area contributed by atoms with Gasteiger partial charge >= 0.3 is 0 Å². The first-order valence-electron chi connectivity index (χ1n) is 8.54. The smallest absolute Gasteiger partial charge is 0.188 e. The van der Waals surface area contributed by atoms with E-state index in [2.05, 4.69) is 22.1 Å². The summed E-state index contributed by atoms with van der Waals surface area (Å²) >= 11 is 0. The predicted octanol–water partition coefficient (Wildman–Crippen LogP) is 1.81. The molecule has 4 atom stereocenters. The van der Waals surface area contributed by atoms with Gasteiger partial charge in [0.1, 0.15) is 0 Å². The molecule has 3 N–H and O–H groups in total. The molecule has 2 bridgehead atoms. The van der Waals surface area contributed by atoms with Gasteiger partial charge in [-0.05, 0) is 62.9 Å². The fourth-order valence-corrected chi connectivity index (χ4v) is 4.64. The van der Waals surface area contributed by atoms with E-state index in [9.17, 15) is 0 Å². The van der Waals surface area contributed by atoms with Crippen LogP contribution < -0.4 is 11.1 Å². The molecule has 0 spiro atoms. The number of hydrogen-bond donors (Lipinski definition) is 2. The van der Waals surface area contributed by atoms with Gasteiger partial charge in [-0.1, -0.05) is 13.3 Å². The average Bonchev–Trinajstić information content (AvgIpc) is 3.17. The Kier molecular flexibility index (Phi) is 4.49. The SMILES string of the molecule is CCN1CCCC1CNC(N)=NCC1CC2CCC1C2. The van der Waals surface area contributed by atoms with Gasteiger partial charge in [-0.3, -0.25) is 9.89 Å². The number of guanidine groups is 1. The summed E-state index contributed by atoms with van der Waals surface area (Å²) in [5, 5.41) is 3.34. The van der Waals surface area contributed by atoms with E-state index in [1.165, 1.54) is 45.1 Å². The Morgan fingerprint density at radius 1 is 1.30 bits per heavy atom. The maximum atomic E-state index is 6.04. The minimum Gasteiger partial charge on any atom is -0.370 e. The van der Waals surface area contributed by atoms with E-state index in [4.69, 9.17) is 5.73 Å². The first kappa shape index (κ1) is 14.2. The third kappa shape index (κ3) is 3.11. The van der Waals surface area contributed by atoms with E-state index < -0.39 is 0 Å². The lowest BCUT2D eigenvalue weighted by atomic mass is 9.89. The molecule has 0 radical (unpaired) electrons. The fraction of sp³-hybridized carbons (Fsp3) is 0.938. The van der Waals surface area contributed by atoms with Gasteiger partial charge in [-0.25, -0.2) is 0 Å². The van der Waals surface area contributed by atoms with Crippen LogP contribution in [0.4, 0.5) is 0 Å². The summed E-state index contributed by atoms with van der Waals surface area (Å²) in [4.78, 5) is 7.14. The van der Waals surface area contributed by atoms with Crippen molar-refractivity contribution in [2.24, 2.45) is 28.5 Å². The number of nitrogens with zero attached hydrogens (tertiary/aromatic N) is 2. The predicted molar refractivity (Wildman–Crippen MR) is 83.7 cm³/mol. The number of hydrogen-bond acceptors (Lipinski definition) is 2. The molecule has 3 fully saturated rings. The molecular formula is C16H30N4. The lowest BCUT2D eigenvalue weighted by molar-refractivity contribution is 0.267. The van der Waals surface area contributed by atoms with Crippen LogP contribution in [0, 0.1) is 17.8 Å². The summed E-state index contributed by atoms with van der Waals surface area (Å²) in [6, 6.07) is 0.649. The first-order chi connectivity index (χ1) is 9.76. The molecule has 4 nitrogen and oxygen atoms in total. The normalized spacial score (nSPS) is 37.8. The molecule has 3 rings (SSSR count). The summed E-state index contributed by atoms with van der Waals surface area (Å²) in [6.45, 7) is 6.53. The molecule has 0 aromatic heterocycles. The lowest BCUT2D eigenvalue weighted by Crippen LogP contribution is -2.43. The Hall–Kier alpha value is -0.770. The second kappa shape index (κ2) is 6.33. The van der Waals surface area contributed by atoms with Crippen LogP contribution in [-0.2, 0) is 0 Å². The largest absolute Gasteiger partial charge is 0.370 e. The summed E-state index contributed by atoms with van der Waals surface area (Å²) in [6.07, 6.45) is 8.37. The van der Waals surface area contributed by atoms with Crippen molar-refractivity contribution in [2.75, 3.05) is 26.2 Å². The molecule has 1 saturated heterocycles. The number of fused-ring (bicyclic) bond motifs is 2. The fourth-order valence-electron chi connectivity index (χ4n) is 4.64. The molecule has 4 unspecified atom stereocenters. The van der Waals surface area contributed by atoms with Crippen molar-refractivity contribution in [1.29, 1.82) is 0 Å². The maximum absolute atomic E-state index is 6.04. The Balaban J connectivity index is 1.40. The molecule has 2 aliphatic carbocycles. The second-order valence-corrected chi connectivity index (χ2v) is 6.97. The van der Waals surface area contributed by atoms with Crippen LogP contribution in [0.1, 0.15) is 45.4 Å². The van der Waals surface area contributed by atoms with Crippen molar-refractivity contribution >= 4 is 5.96 Å². The van der Waals surface area contributed by atoms with E-state index in [1.807, 2.05) is 0 Å². The zero-order chi connectivity index (χ0) is 13.9. The van der Waals surface area contributed by atoms with Gasteiger partial charge < -0.3 is 11.1 Å². The number of nitrogens with one attached hydrogen (secondary N) is 1. The Morgan fingerprint density at radius 2 is 2.20 bits per heavy atom. The minimum absolute atomic E-state index is 0.649. The summed E-state index contributed by atoms with van der Waals surface area (Å²) in [5.41, 5.74) is 6.04. The zero-order valence-corrected chi connectivity index (χ0v) is 12.9. The topological polar surface area (TPSA) is 53.6 Å². The molecule has 2 saturated carbocycles. The number of likely N-dealkylation sites (N-methyl/N-ethyl adjacent to an activating group) is 1. The number of nitrogens with two attached hydrogens (primary N) is 1. The van der Waals surface area contributed by atoms with E-state index in [0.717, 1.165) is 37.4 Å². The van der Waals surface area contributed by atoms with Crippen LogP contribution in [0.3, 0.4) is 0 Å². The van der Waals surface area contributed by atoms with Gasteiger partial charge in [0, 0.05) is 19.1 Å². The highest BCUT2D eigenvalue weighted by Crippen LogP contribution is 2.48. The van der Waals surface area contributed by atoms with Gasteiger partial charge in [-0.15, -0.1) is 0 Å². The Labute approximate surface area is 123 Å². The second-order valence-electron chi connectivity index (χ2n) is 6.97. The standard InChI is InChI=1S/C16H30N4/c1-2-20-7-3-4-15(20)11-19-16(17)18-10-14-9-12-5-6-13(14)8-12/h12-15H,2-11H2,1H3,(H3,17,18,19). The summed E-state index contributed by atoms with van der Waals surface area (Å²) < 4.78 is 0. The van der Waals surface area contributed by atoms with Gasteiger partial charge in [0.15, 0.2) is 5.96 Å². The molecule has 0 aromatic rings. The molecule has 114 valence electrons. The van der Waals surface area contributed by atoms with Gasteiger partial charge in [0.2, 0.25) is 0 Å². The molecular weight excluding hydrogens is 248 g/mol. The quantitative estimate of drug-likeness (QED) is 0.596. The monoisotopic (exact) mass is 278 g/mol. The lowest BCUT2D eigenvalue weighted by Gasteiger charge is -2.23. The molecule has 1 heterocycles. The minimum atomic E-state index is 0.649. The Bertz CT molecular complexity index is 354. The van der Waals surface area contributed by atoms with Crippen LogP contribution in [0.15, 0.2) is 4.99 Å². The summed E-state index contributed by atoms with van der Waals surface area (Å²) in [5.74, 6) is 3.43. The van der Waals surface area contributed by atoms with Crippen molar-refractivity contribution in [3.63, 3.8) is 0 Å². The van der Waals surface area contributed by atoms with Crippen LogP contribution >= 0.6 is 0 Å². The first-order valence-corrected chi connectivity index (χ1v) is 8.54. The Morgan fingerprint density at radius 3 is 2.90 bits per heavy atom. The van der Waals surface area contributed by atoms with Crippen molar-refractivity contribution in [3.05, 3.63) is 0 Å². The number of likely N-dealkylation sites (tertiary alicyclic amines) is 1. The molecule has 1 aliphatic heterocycles. The zero-order valence-electron chi connectivity index (χ0n) is 12.9. The van der Waals surface area contributed by atoms with Gasteiger partial charge in [0.05, 0.1) is 0 Å². The van der Waals surface area contributed by atoms with Crippen molar-refractivity contribution in [2.45, 2.75) is 51.5 Å². The maximum Gasteiger partial charge on any atom is 0.188 e. The van der Waals surface area contributed by atoms with Crippen LogP contribution in [-0.4, -0.2) is 43.1 Å². The van der Waals surface area contributed by atoms with Crippen LogP contribution in [0.5, 0.6) is 0 Å². The van der Waals surface area contributed by atoms with E-state index in [0.29, 0.717) is 12.0 Å². The van der Waals surface area contributed by atoms with Crippen molar-refractivity contribution in [3.8, 4) is 0 Å². The van der Waals surface area contributed by atoms with Crippen molar-refractivity contribution < 1.29 is 0 Å². The molecule has 0 amide bonds. The van der Waals surface area contributed by atoms with E-state index >= 15 is 0 Å². The number of rotatable bonds is 5. The third-order valence-electron chi connectivity index (χ3n) is 5.80. The molecule has 20 heavy (non-hydrogen) atoms. The van der Waals surface area contributed by atoms with Crippen molar-refractivity contribution in [1.82, 2.24) is 10.2 Å². The summed E-state index contributed by atoms with van der Waals surface area (Å²) in [7, 11) is 0. The van der Waals surface area contributed by atoms with E-state index in [1.54, 1.807) is 0 Å². The third-order valence-corrected chi connectivity index (χ3v) is 5.80. The van der Waals surface area contributed by atoms with Crippen LogP contribution in [0.25, 0.3) is 0 Å².